The van der Waals surface area contributed by atoms with Crippen molar-refractivity contribution in [3.05, 3.63) is 41.5 Å². The van der Waals surface area contributed by atoms with E-state index in [0.29, 0.717) is 55.9 Å². The Morgan fingerprint density at radius 1 is 1.14 bits per heavy atom. The molecule has 35 heavy (non-hydrogen) atoms. The number of anilines is 1. The molecule has 1 N–H and O–H groups in total. The molecule has 1 aliphatic heterocycles. The van der Waals surface area contributed by atoms with Crippen molar-refractivity contribution in [2.24, 2.45) is 5.92 Å². The number of rotatable bonds is 10. The van der Waals surface area contributed by atoms with Crippen molar-refractivity contribution in [2.75, 3.05) is 57.9 Å². The first-order valence-corrected chi connectivity index (χ1v) is 13.0. The molecule has 4 rings (SSSR count). The van der Waals surface area contributed by atoms with Gasteiger partial charge in [-0.2, -0.15) is 0 Å². The van der Waals surface area contributed by atoms with Gasteiger partial charge in [-0.15, -0.1) is 11.3 Å². The Hall–Kier alpha value is -2.75. The van der Waals surface area contributed by atoms with E-state index in [1.807, 2.05) is 42.2 Å². The summed E-state index contributed by atoms with van der Waals surface area (Å²) in [6.45, 7) is 6.91. The van der Waals surface area contributed by atoms with Crippen LogP contribution in [-0.4, -0.2) is 80.1 Å². The number of hydrogen-bond acceptors (Lipinski definition) is 7. The van der Waals surface area contributed by atoms with Crippen molar-refractivity contribution < 1.29 is 23.9 Å². The fourth-order valence-corrected chi connectivity index (χ4v) is 5.48. The largest absolute Gasteiger partial charge is 0.465 e. The number of amides is 2. The van der Waals surface area contributed by atoms with Gasteiger partial charge in [0.15, 0.2) is 0 Å². The van der Waals surface area contributed by atoms with E-state index in [4.69, 9.17) is 9.47 Å². The minimum atomic E-state index is -0.331. The fraction of sp³-hybridized carbons (Fsp3) is 0.500. The van der Waals surface area contributed by atoms with Gasteiger partial charge in [-0.1, -0.05) is 30.3 Å². The summed E-state index contributed by atoms with van der Waals surface area (Å²) in [5.41, 5.74) is 2.39. The lowest BCUT2D eigenvalue weighted by atomic mass is 10.1. The third-order valence-electron chi connectivity index (χ3n) is 6.19. The van der Waals surface area contributed by atoms with Crippen LogP contribution in [0.3, 0.4) is 0 Å². The van der Waals surface area contributed by atoms with Gasteiger partial charge in [-0.3, -0.25) is 19.3 Å². The normalized spacial score (nSPS) is 15.8. The van der Waals surface area contributed by atoms with E-state index < -0.39 is 0 Å². The van der Waals surface area contributed by atoms with Crippen LogP contribution in [0.2, 0.25) is 0 Å². The molecule has 9 heteroatoms. The quantitative estimate of drug-likeness (QED) is 0.504. The first kappa shape index (κ1) is 25.3. The number of ether oxygens (including phenoxy) is 2. The van der Waals surface area contributed by atoms with E-state index in [2.05, 4.69) is 5.32 Å². The Morgan fingerprint density at radius 2 is 1.86 bits per heavy atom. The van der Waals surface area contributed by atoms with Crippen LogP contribution in [0.4, 0.5) is 5.00 Å². The molecule has 1 aromatic heterocycles. The molecular formula is C26H33N3O5S. The van der Waals surface area contributed by atoms with E-state index in [1.165, 1.54) is 11.3 Å². The standard InChI is InChI=1S/C26H33N3O5S/c1-3-34-22(31)17-28(15-19-9-10-19)16-21(30)27-25-23(26(32)29-11-13-33-14-12-29)18(2)24(35-25)20-7-5-4-6-8-20/h4-8,19H,3,9-17H2,1-2H3,(H,27,30). The van der Waals surface area contributed by atoms with Crippen LogP contribution in [0, 0.1) is 12.8 Å². The summed E-state index contributed by atoms with van der Waals surface area (Å²) in [7, 11) is 0. The van der Waals surface area contributed by atoms with E-state index in [0.717, 1.165) is 28.8 Å². The molecule has 2 amide bonds. The van der Waals surface area contributed by atoms with Crippen LogP contribution in [0.25, 0.3) is 10.4 Å². The first-order valence-electron chi connectivity index (χ1n) is 12.2. The number of benzene rings is 1. The van der Waals surface area contributed by atoms with Gasteiger partial charge in [-0.25, -0.2) is 0 Å². The van der Waals surface area contributed by atoms with Gasteiger partial charge in [-0.05, 0) is 43.7 Å². The van der Waals surface area contributed by atoms with Gasteiger partial charge in [0.05, 0.1) is 38.5 Å². The van der Waals surface area contributed by atoms with Crippen LogP contribution in [0.1, 0.15) is 35.7 Å². The van der Waals surface area contributed by atoms with Crippen LogP contribution < -0.4 is 5.32 Å². The van der Waals surface area contributed by atoms with Crippen molar-refractivity contribution in [1.82, 2.24) is 9.80 Å². The molecule has 0 atom stereocenters. The molecule has 1 saturated heterocycles. The molecule has 0 radical (unpaired) electrons. The SMILES string of the molecule is CCOC(=O)CN(CC(=O)Nc1sc(-c2ccccc2)c(C)c1C(=O)N1CCOCC1)CC1CC1. The number of nitrogens with one attached hydrogen (secondary N) is 1. The highest BCUT2D eigenvalue weighted by Crippen LogP contribution is 2.40. The second kappa shape index (κ2) is 11.8. The predicted octanol–water partition coefficient (Wildman–Crippen LogP) is 3.41. The molecule has 1 saturated carbocycles. The monoisotopic (exact) mass is 499 g/mol. The highest BCUT2D eigenvalue weighted by atomic mass is 32.1. The number of hydrogen-bond donors (Lipinski definition) is 1. The van der Waals surface area contributed by atoms with Crippen molar-refractivity contribution in [3.8, 4) is 10.4 Å². The molecular weight excluding hydrogens is 466 g/mol. The summed E-state index contributed by atoms with van der Waals surface area (Å²) >= 11 is 1.41. The second-order valence-electron chi connectivity index (χ2n) is 9.00. The number of carbonyl (C=O) groups is 3. The third kappa shape index (κ3) is 6.68. The zero-order chi connectivity index (χ0) is 24.8. The molecule has 0 bridgehead atoms. The van der Waals surface area contributed by atoms with Gasteiger partial charge in [0.2, 0.25) is 5.91 Å². The van der Waals surface area contributed by atoms with Gasteiger partial charge in [0.1, 0.15) is 5.00 Å². The van der Waals surface area contributed by atoms with E-state index in [-0.39, 0.29) is 30.9 Å². The van der Waals surface area contributed by atoms with Crippen molar-refractivity contribution in [1.29, 1.82) is 0 Å². The van der Waals surface area contributed by atoms with Gasteiger partial charge in [0.25, 0.3) is 5.91 Å². The third-order valence-corrected chi connectivity index (χ3v) is 7.44. The second-order valence-corrected chi connectivity index (χ2v) is 10.0. The molecule has 0 unspecified atom stereocenters. The Labute approximate surface area is 210 Å². The van der Waals surface area contributed by atoms with Crippen LogP contribution >= 0.6 is 11.3 Å². The number of thiophene rings is 1. The maximum Gasteiger partial charge on any atom is 0.320 e. The van der Waals surface area contributed by atoms with E-state index in [1.54, 1.807) is 11.8 Å². The summed E-state index contributed by atoms with van der Waals surface area (Å²) < 4.78 is 10.5. The zero-order valence-electron chi connectivity index (χ0n) is 20.4. The summed E-state index contributed by atoms with van der Waals surface area (Å²) in [5.74, 6) is -0.153. The topological polar surface area (TPSA) is 88.2 Å². The lowest BCUT2D eigenvalue weighted by Gasteiger charge is -2.27. The van der Waals surface area contributed by atoms with Gasteiger partial charge in [0, 0.05) is 24.5 Å². The Bertz CT molecular complexity index is 1040. The maximum atomic E-state index is 13.5. The highest BCUT2D eigenvalue weighted by molar-refractivity contribution is 7.20. The summed E-state index contributed by atoms with van der Waals surface area (Å²) in [6.07, 6.45) is 2.23. The van der Waals surface area contributed by atoms with Crippen LogP contribution in [0.15, 0.2) is 30.3 Å². The summed E-state index contributed by atoms with van der Waals surface area (Å²) in [4.78, 5) is 43.3. The van der Waals surface area contributed by atoms with E-state index in [9.17, 15) is 14.4 Å². The van der Waals surface area contributed by atoms with Crippen molar-refractivity contribution in [3.63, 3.8) is 0 Å². The van der Waals surface area contributed by atoms with Crippen molar-refractivity contribution >= 4 is 34.1 Å². The molecule has 1 aliphatic carbocycles. The van der Waals surface area contributed by atoms with Crippen molar-refractivity contribution in [2.45, 2.75) is 26.7 Å². The number of carbonyl (C=O) groups excluding carboxylic acids is 3. The Kier molecular flexibility index (Phi) is 8.54. The molecule has 2 aromatic rings. The summed E-state index contributed by atoms with van der Waals surface area (Å²) in [6, 6.07) is 9.88. The molecule has 0 spiro atoms. The average Bonchev–Trinajstić information content (AvgIpc) is 3.61. The molecule has 2 fully saturated rings. The number of esters is 1. The first-order chi connectivity index (χ1) is 17.0. The lowest BCUT2D eigenvalue weighted by Crippen LogP contribution is -2.41. The molecule has 188 valence electrons. The van der Waals surface area contributed by atoms with E-state index >= 15 is 0 Å². The maximum absolute atomic E-state index is 13.5. The minimum Gasteiger partial charge on any atom is -0.465 e. The van der Waals surface area contributed by atoms with Crippen LogP contribution in [0.5, 0.6) is 0 Å². The molecule has 2 heterocycles. The van der Waals surface area contributed by atoms with Crippen LogP contribution in [-0.2, 0) is 19.1 Å². The zero-order valence-corrected chi connectivity index (χ0v) is 21.2. The Morgan fingerprint density at radius 3 is 2.51 bits per heavy atom. The number of nitrogens with zero attached hydrogens (tertiary/aromatic N) is 2. The van der Waals surface area contributed by atoms with Gasteiger partial charge < -0.3 is 19.7 Å². The molecule has 1 aromatic carbocycles. The molecule has 8 nitrogen and oxygen atoms in total. The smallest absolute Gasteiger partial charge is 0.320 e. The predicted molar refractivity (Wildman–Crippen MR) is 136 cm³/mol. The number of morpholine rings is 1. The van der Waals surface area contributed by atoms with Gasteiger partial charge >= 0.3 is 5.97 Å². The fourth-order valence-electron chi connectivity index (χ4n) is 4.26. The molecule has 2 aliphatic rings. The summed E-state index contributed by atoms with van der Waals surface area (Å²) in [5, 5.41) is 3.54. The highest BCUT2D eigenvalue weighted by Gasteiger charge is 2.30. The minimum absolute atomic E-state index is 0.0676. The average molecular weight is 500 g/mol. The Balaban J connectivity index is 1.56. The lowest BCUT2D eigenvalue weighted by molar-refractivity contribution is -0.144.